The Balaban J connectivity index is 1.66. The fourth-order valence-electron chi connectivity index (χ4n) is 3.15. The highest BCUT2D eigenvalue weighted by molar-refractivity contribution is 5.66. The molecule has 0 aromatic heterocycles. The minimum absolute atomic E-state index is 0.329. The second-order valence-corrected chi connectivity index (χ2v) is 6.32. The van der Waals surface area contributed by atoms with E-state index in [2.05, 4.69) is 42.2 Å². The Hall–Kier alpha value is -1.35. The van der Waals surface area contributed by atoms with Crippen LogP contribution in [-0.2, 0) is 4.79 Å². The number of carboxylic acid groups (broad SMARTS) is 1. The molecule has 1 atom stereocenters. The molecular formula is C18H27NO2. The largest absolute Gasteiger partial charge is 0.481 e. The molecule has 21 heavy (non-hydrogen) atoms. The van der Waals surface area contributed by atoms with Crippen LogP contribution in [0.3, 0.4) is 0 Å². The van der Waals surface area contributed by atoms with Gasteiger partial charge in [0, 0.05) is 6.42 Å². The predicted molar refractivity (Wildman–Crippen MR) is 85.5 cm³/mol. The minimum Gasteiger partial charge on any atom is -0.481 e. The lowest BCUT2D eigenvalue weighted by Crippen LogP contribution is -2.35. The first kappa shape index (κ1) is 16.0. The molecule has 0 saturated carbocycles. The topological polar surface area (TPSA) is 40.5 Å². The molecule has 1 heterocycles. The normalized spacial score (nSPS) is 18.5. The van der Waals surface area contributed by atoms with Crippen LogP contribution >= 0.6 is 0 Å². The summed E-state index contributed by atoms with van der Waals surface area (Å²) in [7, 11) is 0. The number of aliphatic carboxylic acids is 1. The van der Waals surface area contributed by atoms with Gasteiger partial charge in [-0.1, -0.05) is 37.3 Å². The fraction of sp³-hybridized carbons (Fsp3) is 0.611. The van der Waals surface area contributed by atoms with Crippen molar-refractivity contribution in [2.24, 2.45) is 5.92 Å². The van der Waals surface area contributed by atoms with Crippen LogP contribution < -0.4 is 0 Å². The molecule has 0 aliphatic carbocycles. The first-order valence-electron chi connectivity index (χ1n) is 8.14. The SMILES string of the molecule is CC(CCN1CCC(CCC(=O)O)CC1)c1ccccc1. The summed E-state index contributed by atoms with van der Waals surface area (Å²) in [6.07, 6.45) is 4.70. The summed E-state index contributed by atoms with van der Waals surface area (Å²) in [4.78, 5) is 13.1. The molecule has 3 heteroatoms. The van der Waals surface area contributed by atoms with E-state index < -0.39 is 5.97 Å². The molecule has 0 spiro atoms. The summed E-state index contributed by atoms with van der Waals surface area (Å²) < 4.78 is 0. The molecule has 0 amide bonds. The van der Waals surface area contributed by atoms with E-state index in [1.807, 2.05) is 0 Å². The van der Waals surface area contributed by atoms with E-state index in [9.17, 15) is 4.79 Å². The maximum absolute atomic E-state index is 10.6. The van der Waals surface area contributed by atoms with Crippen molar-refractivity contribution >= 4 is 5.97 Å². The van der Waals surface area contributed by atoms with Gasteiger partial charge in [0.2, 0.25) is 0 Å². The smallest absolute Gasteiger partial charge is 0.303 e. The van der Waals surface area contributed by atoms with E-state index in [4.69, 9.17) is 5.11 Å². The highest BCUT2D eigenvalue weighted by Gasteiger charge is 2.20. The second-order valence-electron chi connectivity index (χ2n) is 6.32. The van der Waals surface area contributed by atoms with Gasteiger partial charge in [0.1, 0.15) is 0 Å². The number of carbonyl (C=O) groups is 1. The molecule has 1 fully saturated rings. The number of piperidine rings is 1. The summed E-state index contributed by atoms with van der Waals surface area (Å²) >= 11 is 0. The molecule has 1 N–H and O–H groups in total. The first-order chi connectivity index (χ1) is 10.1. The number of hydrogen-bond donors (Lipinski definition) is 1. The Morgan fingerprint density at radius 1 is 1.29 bits per heavy atom. The van der Waals surface area contributed by atoms with Crippen LogP contribution in [0.2, 0.25) is 0 Å². The lowest BCUT2D eigenvalue weighted by atomic mass is 9.91. The fourth-order valence-corrected chi connectivity index (χ4v) is 3.15. The zero-order chi connectivity index (χ0) is 15.1. The molecule has 1 aliphatic rings. The van der Waals surface area contributed by atoms with Crippen LogP contribution in [0.4, 0.5) is 0 Å². The standard InChI is InChI=1S/C18H27NO2/c1-15(17-5-3-2-4-6-17)9-12-19-13-10-16(11-14-19)7-8-18(20)21/h2-6,15-16H,7-14H2,1H3,(H,20,21). The molecule has 1 unspecified atom stereocenters. The van der Waals surface area contributed by atoms with Crippen LogP contribution in [-0.4, -0.2) is 35.6 Å². The Labute approximate surface area is 128 Å². The van der Waals surface area contributed by atoms with Crippen molar-refractivity contribution in [1.29, 1.82) is 0 Å². The Bertz CT molecular complexity index is 424. The lowest BCUT2D eigenvalue weighted by Gasteiger charge is -2.32. The molecule has 0 radical (unpaired) electrons. The van der Waals surface area contributed by atoms with Gasteiger partial charge < -0.3 is 10.0 Å². The van der Waals surface area contributed by atoms with Crippen molar-refractivity contribution in [3.05, 3.63) is 35.9 Å². The van der Waals surface area contributed by atoms with Crippen LogP contribution in [0.15, 0.2) is 30.3 Å². The highest BCUT2D eigenvalue weighted by Crippen LogP contribution is 2.24. The summed E-state index contributed by atoms with van der Waals surface area (Å²) in [5, 5.41) is 8.74. The molecule has 1 aliphatic heterocycles. The maximum Gasteiger partial charge on any atom is 0.303 e. The molecule has 1 saturated heterocycles. The number of hydrogen-bond acceptors (Lipinski definition) is 2. The van der Waals surface area contributed by atoms with Gasteiger partial charge in [-0.3, -0.25) is 4.79 Å². The van der Waals surface area contributed by atoms with Crippen LogP contribution in [0.25, 0.3) is 0 Å². The third kappa shape index (κ3) is 5.50. The number of likely N-dealkylation sites (tertiary alicyclic amines) is 1. The molecule has 0 bridgehead atoms. The van der Waals surface area contributed by atoms with E-state index in [1.165, 1.54) is 12.0 Å². The monoisotopic (exact) mass is 289 g/mol. The van der Waals surface area contributed by atoms with Crippen molar-refractivity contribution in [1.82, 2.24) is 4.90 Å². The zero-order valence-corrected chi connectivity index (χ0v) is 13.0. The third-order valence-electron chi connectivity index (χ3n) is 4.72. The number of benzene rings is 1. The minimum atomic E-state index is -0.658. The summed E-state index contributed by atoms with van der Waals surface area (Å²) in [5.74, 6) is 0.564. The summed E-state index contributed by atoms with van der Waals surface area (Å²) in [6.45, 7) is 5.72. The number of rotatable bonds is 7. The summed E-state index contributed by atoms with van der Waals surface area (Å²) in [6, 6.07) is 10.7. The second kappa shape index (κ2) is 8.18. The molecule has 1 aromatic rings. The average Bonchev–Trinajstić information content (AvgIpc) is 2.52. The lowest BCUT2D eigenvalue weighted by molar-refractivity contribution is -0.137. The van der Waals surface area contributed by atoms with Gasteiger partial charge in [0.05, 0.1) is 0 Å². The molecule has 1 aromatic carbocycles. The van der Waals surface area contributed by atoms with Crippen molar-refractivity contribution in [3.8, 4) is 0 Å². The van der Waals surface area contributed by atoms with E-state index in [0.717, 1.165) is 38.9 Å². The van der Waals surface area contributed by atoms with Crippen molar-refractivity contribution in [2.75, 3.05) is 19.6 Å². The van der Waals surface area contributed by atoms with E-state index in [1.54, 1.807) is 0 Å². The quantitative estimate of drug-likeness (QED) is 0.831. The first-order valence-corrected chi connectivity index (χ1v) is 8.14. The Morgan fingerprint density at radius 3 is 2.57 bits per heavy atom. The van der Waals surface area contributed by atoms with Gasteiger partial charge in [-0.25, -0.2) is 0 Å². The Kier molecular flexibility index (Phi) is 6.24. The van der Waals surface area contributed by atoms with Crippen LogP contribution in [0, 0.1) is 5.92 Å². The van der Waals surface area contributed by atoms with Gasteiger partial charge >= 0.3 is 5.97 Å². The maximum atomic E-state index is 10.6. The van der Waals surface area contributed by atoms with Crippen LogP contribution in [0.1, 0.15) is 50.5 Å². The average molecular weight is 289 g/mol. The third-order valence-corrected chi connectivity index (χ3v) is 4.72. The Morgan fingerprint density at radius 2 is 1.95 bits per heavy atom. The van der Waals surface area contributed by atoms with Crippen molar-refractivity contribution in [3.63, 3.8) is 0 Å². The number of nitrogens with zero attached hydrogens (tertiary/aromatic N) is 1. The molecule has 3 nitrogen and oxygen atoms in total. The highest BCUT2D eigenvalue weighted by atomic mass is 16.4. The number of carboxylic acids is 1. The molecule has 116 valence electrons. The predicted octanol–water partition coefficient (Wildman–Crippen LogP) is 3.76. The van der Waals surface area contributed by atoms with E-state index >= 15 is 0 Å². The van der Waals surface area contributed by atoms with Gasteiger partial charge in [0.25, 0.3) is 0 Å². The van der Waals surface area contributed by atoms with Crippen molar-refractivity contribution in [2.45, 2.75) is 44.9 Å². The van der Waals surface area contributed by atoms with E-state index in [0.29, 0.717) is 18.3 Å². The van der Waals surface area contributed by atoms with Crippen LogP contribution in [0.5, 0.6) is 0 Å². The zero-order valence-electron chi connectivity index (χ0n) is 13.0. The van der Waals surface area contributed by atoms with Gasteiger partial charge in [-0.15, -0.1) is 0 Å². The van der Waals surface area contributed by atoms with E-state index in [-0.39, 0.29) is 0 Å². The summed E-state index contributed by atoms with van der Waals surface area (Å²) in [5.41, 5.74) is 1.42. The van der Waals surface area contributed by atoms with Gasteiger partial charge in [-0.2, -0.15) is 0 Å². The molecular weight excluding hydrogens is 262 g/mol. The molecule has 2 rings (SSSR count). The van der Waals surface area contributed by atoms with Gasteiger partial charge in [0.15, 0.2) is 0 Å². The van der Waals surface area contributed by atoms with Crippen molar-refractivity contribution < 1.29 is 9.90 Å². The van der Waals surface area contributed by atoms with Gasteiger partial charge in [-0.05, 0) is 62.7 Å².